The van der Waals surface area contributed by atoms with Crippen molar-refractivity contribution >= 4 is 21.7 Å². The molecule has 0 aliphatic carbocycles. The summed E-state index contributed by atoms with van der Waals surface area (Å²) in [4.78, 5) is 8.57. The Bertz CT molecular complexity index is 486. The molecule has 0 atom stereocenters. The summed E-state index contributed by atoms with van der Waals surface area (Å²) < 4.78 is 2.37. The SMILES string of the molecule is Cc1cnc(C)c(-n2cc(Br)c(N)n2)n1. The van der Waals surface area contributed by atoms with Gasteiger partial charge in [0.2, 0.25) is 0 Å². The number of anilines is 1. The third kappa shape index (κ3) is 1.85. The summed E-state index contributed by atoms with van der Waals surface area (Å²) in [6, 6.07) is 0. The predicted octanol–water partition coefficient (Wildman–Crippen LogP) is 1.62. The number of rotatable bonds is 1. The minimum atomic E-state index is 0.442. The van der Waals surface area contributed by atoms with Gasteiger partial charge >= 0.3 is 0 Å². The Labute approximate surface area is 95.5 Å². The van der Waals surface area contributed by atoms with E-state index in [-0.39, 0.29) is 0 Å². The summed E-state index contributed by atoms with van der Waals surface area (Å²) >= 11 is 3.30. The molecular formula is C9H10BrN5. The first-order valence-corrected chi connectivity index (χ1v) is 5.18. The Hall–Kier alpha value is -1.43. The van der Waals surface area contributed by atoms with Crippen LogP contribution in [0.3, 0.4) is 0 Å². The summed E-state index contributed by atoms with van der Waals surface area (Å²) in [5.74, 6) is 1.14. The molecule has 2 heterocycles. The summed E-state index contributed by atoms with van der Waals surface area (Å²) in [5, 5.41) is 4.13. The van der Waals surface area contributed by atoms with Crippen LogP contribution in [0.2, 0.25) is 0 Å². The zero-order valence-corrected chi connectivity index (χ0v) is 9.98. The van der Waals surface area contributed by atoms with Gasteiger partial charge in [0.15, 0.2) is 11.6 Å². The Balaban J connectivity index is 2.58. The molecule has 0 aliphatic heterocycles. The zero-order chi connectivity index (χ0) is 11.0. The van der Waals surface area contributed by atoms with E-state index >= 15 is 0 Å². The maximum absolute atomic E-state index is 5.64. The lowest BCUT2D eigenvalue weighted by molar-refractivity contribution is 0.819. The number of halogens is 1. The number of aryl methyl sites for hydroxylation is 2. The molecule has 0 amide bonds. The van der Waals surface area contributed by atoms with Crippen LogP contribution in [0.1, 0.15) is 11.4 Å². The predicted molar refractivity (Wildman–Crippen MR) is 60.7 cm³/mol. The molecule has 78 valence electrons. The molecular weight excluding hydrogens is 258 g/mol. The van der Waals surface area contributed by atoms with Crippen LogP contribution in [0.15, 0.2) is 16.9 Å². The highest BCUT2D eigenvalue weighted by Gasteiger charge is 2.08. The van der Waals surface area contributed by atoms with Gasteiger partial charge in [-0.15, -0.1) is 5.10 Å². The second-order valence-corrected chi connectivity index (χ2v) is 4.08. The van der Waals surface area contributed by atoms with E-state index in [0.29, 0.717) is 11.6 Å². The van der Waals surface area contributed by atoms with Crippen molar-refractivity contribution in [3.63, 3.8) is 0 Å². The van der Waals surface area contributed by atoms with E-state index in [1.807, 2.05) is 13.8 Å². The summed E-state index contributed by atoms with van der Waals surface area (Å²) in [6.07, 6.45) is 3.49. The molecule has 5 nitrogen and oxygen atoms in total. The molecule has 15 heavy (non-hydrogen) atoms. The van der Waals surface area contributed by atoms with Crippen molar-refractivity contribution in [2.45, 2.75) is 13.8 Å². The van der Waals surface area contributed by atoms with E-state index in [2.05, 4.69) is 31.0 Å². The molecule has 2 aromatic heterocycles. The first kappa shape index (κ1) is 10.1. The van der Waals surface area contributed by atoms with Gasteiger partial charge in [0.25, 0.3) is 0 Å². The maximum Gasteiger partial charge on any atom is 0.175 e. The van der Waals surface area contributed by atoms with Crippen LogP contribution in [0.4, 0.5) is 5.82 Å². The minimum Gasteiger partial charge on any atom is -0.381 e. The van der Waals surface area contributed by atoms with Crippen LogP contribution in [0, 0.1) is 13.8 Å². The van der Waals surface area contributed by atoms with Crippen molar-refractivity contribution < 1.29 is 0 Å². The van der Waals surface area contributed by atoms with Crippen molar-refractivity contribution in [2.24, 2.45) is 0 Å². The van der Waals surface area contributed by atoms with Crippen LogP contribution in [0.25, 0.3) is 5.82 Å². The van der Waals surface area contributed by atoms with E-state index in [0.717, 1.165) is 15.9 Å². The van der Waals surface area contributed by atoms with Gasteiger partial charge in [-0.1, -0.05) is 0 Å². The standard InChI is InChI=1S/C9H10BrN5/c1-5-3-12-6(2)9(13-5)15-4-7(10)8(11)14-15/h3-4H,1-2H3,(H2,11,14). The van der Waals surface area contributed by atoms with Gasteiger partial charge < -0.3 is 5.73 Å². The first-order chi connectivity index (χ1) is 7.08. The average Bonchev–Trinajstić information content (AvgIpc) is 2.51. The molecule has 0 spiro atoms. The summed E-state index contributed by atoms with van der Waals surface area (Å²) in [5.41, 5.74) is 7.30. The van der Waals surface area contributed by atoms with Crippen molar-refractivity contribution in [2.75, 3.05) is 5.73 Å². The Morgan fingerprint density at radius 1 is 1.40 bits per heavy atom. The lowest BCUT2D eigenvalue weighted by Gasteiger charge is -2.03. The number of hydrogen-bond donors (Lipinski definition) is 1. The largest absolute Gasteiger partial charge is 0.381 e. The summed E-state index contributed by atoms with van der Waals surface area (Å²) in [6.45, 7) is 3.77. The van der Waals surface area contributed by atoms with E-state index in [1.165, 1.54) is 0 Å². The number of nitrogens with two attached hydrogens (primary N) is 1. The van der Waals surface area contributed by atoms with E-state index < -0.39 is 0 Å². The van der Waals surface area contributed by atoms with Crippen LogP contribution in [-0.2, 0) is 0 Å². The molecule has 6 heteroatoms. The normalized spacial score (nSPS) is 10.6. The van der Waals surface area contributed by atoms with Crippen LogP contribution in [0.5, 0.6) is 0 Å². The monoisotopic (exact) mass is 267 g/mol. The number of hydrogen-bond acceptors (Lipinski definition) is 4. The van der Waals surface area contributed by atoms with E-state index in [1.54, 1.807) is 17.1 Å². The van der Waals surface area contributed by atoms with Gasteiger partial charge in [-0.2, -0.15) is 0 Å². The Morgan fingerprint density at radius 2 is 2.13 bits per heavy atom. The van der Waals surface area contributed by atoms with E-state index in [4.69, 9.17) is 5.73 Å². The third-order valence-corrected chi connectivity index (χ3v) is 2.57. The molecule has 0 aromatic carbocycles. The van der Waals surface area contributed by atoms with Crippen molar-refractivity contribution in [3.05, 3.63) is 28.3 Å². The second kappa shape index (κ2) is 3.62. The van der Waals surface area contributed by atoms with Gasteiger partial charge in [-0.05, 0) is 29.8 Å². The molecule has 0 aliphatic rings. The van der Waals surface area contributed by atoms with Gasteiger partial charge in [-0.3, -0.25) is 4.98 Å². The highest BCUT2D eigenvalue weighted by Crippen LogP contribution is 2.19. The van der Waals surface area contributed by atoms with Crippen molar-refractivity contribution in [1.82, 2.24) is 19.7 Å². The fourth-order valence-corrected chi connectivity index (χ4v) is 1.49. The molecule has 0 saturated heterocycles. The zero-order valence-electron chi connectivity index (χ0n) is 8.40. The third-order valence-electron chi connectivity index (χ3n) is 1.96. The topological polar surface area (TPSA) is 69.6 Å². The lowest BCUT2D eigenvalue weighted by Crippen LogP contribution is -2.04. The van der Waals surface area contributed by atoms with Gasteiger partial charge in [0.1, 0.15) is 0 Å². The highest BCUT2D eigenvalue weighted by molar-refractivity contribution is 9.10. The van der Waals surface area contributed by atoms with Crippen molar-refractivity contribution in [1.29, 1.82) is 0 Å². The van der Waals surface area contributed by atoms with Crippen LogP contribution < -0.4 is 5.73 Å². The Kier molecular flexibility index (Phi) is 2.44. The maximum atomic E-state index is 5.64. The smallest absolute Gasteiger partial charge is 0.175 e. The quantitative estimate of drug-likeness (QED) is 0.853. The van der Waals surface area contributed by atoms with Crippen LogP contribution >= 0.6 is 15.9 Å². The highest BCUT2D eigenvalue weighted by atomic mass is 79.9. The van der Waals surface area contributed by atoms with E-state index in [9.17, 15) is 0 Å². The Morgan fingerprint density at radius 3 is 2.73 bits per heavy atom. The molecule has 0 radical (unpaired) electrons. The number of nitrogens with zero attached hydrogens (tertiary/aromatic N) is 4. The lowest BCUT2D eigenvalue weighted by atomic mass is 10.4. The minimum absolute atomic E-state index is 0.442. The number of aromatic nitrogens is 4. The van der Waals surface area contributed by atoms with Crippen molar-refractivity contribution in [3.8, 4) is 5.82 Å². The molecule has 0 saturated carbocycles. The molecule has 0 fully saturated rings. The average molecular weight is 268 g/mol. The summed E-state index contributed by atoms with van der Waals surface area (Å²) in [7, 11) is 0. The molecule has 2 aromatic rings. The first-order valence-electron chi connectivity index (χ1n) is 4.39. The van der Waals surface area contributed by atoms with Gasteiger partial charge in [0.05, 0.1) is 15.9 Å². The van der Waals surface area contributed by atoms with Gasteiger partial charge in [0, 0.05) is 12.4 Å². The fourth-order valence-electron chi connectivity index (χ4n) is 1.22. The molecule has 2 N–H and O–H groups in total. The molecule has 0 bridgehead atoms. The molecule has 0 unspecified atom stereocenters. The fraction of sp³-hybridized carbons (Fsp3) is 0.222. The van der Waals surface area contributed by atoms with Crippen LogP contribution in [-0.4, -0.2) is 19.7 Å². The molecule has 2 rings (SSSR count). The number of nitrogen functional groups attached to an aromatic ring is 1. The van der Waals surface area contributed by atoms with Gasteiger partial charge in [-0.25, -0.2) is 9.67 Å². The second-order valence-electron chi connectivity index (χ2n) is 3.23.